The summed E-state index contributed by atoms with van der Waals surface area (Å²) in [6.45, 7) is -1.23. The van der Waals surface area contributed by atoms with Crippen LogP contribution in [-0.2, 0) is 9.63 Å². The van der Waals surface area contributed by atoms with E-state index in [-0.39, 0.29) is 33.8 Å². The smallest absolute Gasteiger partial charge is 0.429 e. The molecule has 0 aliphatic heterocycles. The van der Waals surface area contributed by atoms with Crippen molar-refractivity contribution in [2.45, 2.75) is 6.36 Å². The van der Waals surface area contributed by atoms with Gasteiger partial charge in [-0.2, -0.15) is 9.36 Å². The zero-order valence-electron chi connectivity index (χ0n) is 16.2. The van der Waals surface area contributed by atoms with Crippen LogP contribution >= 0.6 is 11.5 Å². The Hall–Kier alpha value is -3.74. The van der Waals surface area contributed by atoms with Crippen molar-refractivity contribution in [2.24, 2.45) is 5.16 Å². The molecule has 0 fully saturated rings. The molecule has 32 heavy (non-hydrogen) atoms. The first-order chi connectivity index (χ1) is 15.3. The fourth-order valence-corrected chi connectivity index (χ4v) is 3.00. The third kappa shape index (κ3) is 5.91. The molecule has 2 aromatic carbocycles. The Kier molecular flexibility index (Phi) is 7.20. The van der Waals surface area contributed by atoms with E-state index in [1.807, 2.05) is 0 Å². The van der Waals surface area contributed by atoms with E-state index in [0.29, 0.717) is 5.56 Å². The lowest BCUT2D eigenvalue weighted by Crippen LogP contribution is -2.29. The molecule has 0 aliphatic rings. The van der Waals surface area contributed by atoms with E-state index in [0.717, 1.165) is 23.7 Å². The van der Waals surface area contributed by atoms with E-state index < -0.39 is 19.1 Å². The maximum atomic E-state index is 12.4. The van der Waals surface area contributed by atoms with Crippen LogP contribution in [0.25, 0.3) is 11.4 Å². The van der Waals surface area contributed by atoms with Gasteiger partial charge in [-0.25, -0.2) is 4.39 Å². The predicted molar refractivity (Wildman–Crippen MR) is 106 cm³/mol. The minimum absolute atomic E-state index is 0.0886. The van der Waals surface area contributed by atoms with Crippen LogP contribution in [0.3, 0.4) is 0 Å². The summed E-state index contributed by atoms with van der Waals surface area (Å²) in [5.74, 6) is -0.622. The third-order valence-corrected chi connectivity index (χ3v) is 4.33. The van der Waals surface area contributed by atoms with Crippen LogP contribution < -0.4 is 14.8 Å². The SMILES string of the molecule is CNC(=O)C(=NOCF)c1ccccc1Oc1nc(-c2ccc(OC(F)(F)F)cc2)ns1. The van der Waals surface area contributed by atoms with Gasteiger partial charge < -0.3 is 19.6 Å². The number of amides is 1. The number of oxime groups is 1. The number of benzene rings is 2. The summed E-state index contributed by atoms with van der Waals surface area (Å²) in [6, 6.07) is 11.3. The molecular formula is C19H14F4N4O4S. The Morgan fingerprint density at radius 3 is 2.53 bits per heavy atom. The highest BCUT2D eigenvalue weighted by molar-refractivity contribution is 7.07. The summed E-state index contributed by atoms with van der Waals surface area (Å²) in [6.07, 6.45) is -4.79. The van der Waals surface area contributed by atoms with E-state index in [9.17, 15) is 22.4 Å². The van der Waals surface area contributed by atoms with Gasteiger partial charge in [0.15, 0.2) is 11.5 Å². The zero-order valence-corrected chi connectivity index (χ0v) is 17.0. The molecule has 3 rings (SSSR count). The minimum atomic E-state index is -4.79. The molecule has 1 heterocycles. The van der Waals surface area contributed by atoms with Gasteiger partial charge in [0.1, 0.15) is 11.5 Å². The summed E-state index contributed by atoms with van der Waals surface area (Å²) in [5.41, 5.74) is 0.430. The Morgan fingerprint density at radius 1 is 1.16 bits per heavy atom. The van der Waals surface area contributed by atoms with Crippen molar-refractivity contribution in [1.29, 1.82) is 0 Å². The summed E-state index contributed by atoms with van der Waals surface area (Å²) >= 11 is 0.880. The maximum Gasteiger partial charge on any atom is 0.573 e. The predicted octanol–water partition coefficient (Wildman–Crippen LogP) is 4.29. The Labute approximate surface area is 182 Å². The van der Waals surface area contributed by atoms with Crippen molar-refractivity contribution in [3.05, 3.63) is 54.1 Å². The van der Waals surface area contributed by atoms with Gasteiger partial charge in [0.2, 0.25) is 0 Å². The normalized spacial score (nSPS) is 11.7. The third-order valence-electron chi connectivity index (χ3n) is 3.74. The van der Waals surface area contributed by atoms with Gasteiger partial charge in [-0.1, -0.05) is 17.3 Å². The highest BCUT2D eigenvalue weighted by Crippen LogP contribution is 2.31. The van der Waals surface area contributed by atoms with Crippen LogP contribution in [0.1, 0.15) is 5.56 Å². The molecule has 0 saturated heterocycles. The first kappa shape index (κ1) is 22.9. The van der Waals surface area contributed by atoms with E-state index in [1.54, 1.807) is 12.1 Å². The number of hydrogen-bond acceptors (Lipinski definition) is 8. The van der Waals surface area contributed by atoms with Crippen LogP contribution in [0, 0.1) is 0 Å². The van der Waals surface area contributed by atoms with E-state index in [1.165, 1.54) is 31.3 Å². The Morgan fingerprint density at radius 2 is 1.88 bits per heavy atom. The van der Waals surface area contributed by atoms with Crippen molar-refractivity contribution in [3.8, 4) is 28.1 Å². The van der Waals surface area contributed by atoms with Gasteiger partial charge in [-0.05, 0) is 36.4 Å². The molecule has 1 aromatic heterocycles. The second kappa shape index (κ2) is 10.0. The van der Waals surface area contributed by atoms with Crippen LogP contribution in [0.15, 0.2) is 53.7 Å². The lowest BCUT2D eigenvalue weighted by molar-refractivity contribution is -0.274. The second-order valence-electron chi connectivity index (χ2n) is 5.81. The van der Waals surface area contributed by atoms with E-state index in [4.69, 9.17) is 4.74 Å². The van der Waals surface area contributed by atoms with Crippen LogP contribution in [0.2, 0.25) is 0 Å². The largest absolute Gasteiger partial charge is 0.573 e. The number of alkyl halides is 4. The number of carbonyl (C=O) groups is 1. The van der Waals surface area contributed by atoms with Crippen molar-refractivity contribution >= 4 is 23.2 Å². The molecule has 0 spiro atoms. The number of hydrogen-bond donors (Lipinski definition) is 1. The number of para-hydroxylation sites is 1. The van der Waals surface area contributed by atoms with Gasteiger partial charge in [-0.15, -0.1) is 13.2 Å². The number of halogens is 4. The average molecular weight is 470 g/mol. The molecular weight excluding hydrogens is 456 g/mol. The van der Waals surface area contributed by atoms with Crippen molar-refractivity contribution in [3.63, 3.8) is 0 Å². The van der Waals surface area contributed by atoms with Crippen LogP contribution in [-0.4, -0.2) is 41.2 Å². The number of aromatic nitrogens is 2. The number of ether oxygens (including phenoxy) is 2. The lowest BCUT2D eigenvalue weighted by atomic mass is 10.1. The van der Waals surface area contributed by atoms with Gasteiger partial charge in [0.25, 0.3) is 18.0 Å². The van der Waals surface area contributed by atoms with Gasteiger partial charge in [0, 0.05) is 24.1 Å². The number of rotatable bonds is 8. The number of carbonyl (C=O) groups excluding carboxylic acids is 1. The molecule has 0 bridgehead atoms. The lowest BCUT2D eigenvalue weighted by Gasteiger charge is -2.10. The molecule has 1 N–H and O–H groups in total. The Bertz CT molecular complexity index is 1100. The fourth-order valence-electron chi connectivity index (χ4n) is 2.44. The standard InChI is InChI=1S/C19H14F4N4O4S/c1-24-17(28)15(26-29-10-20)13-4-2-3-5-14(13)30-18-25-16(27-32-18)11-6-8-12(9-7-11)31-19(21,22)23/h2-9H,10H2,1H3,(H,24,28). The van der Waals surface area contributed by atoms with Crippen molar-refractivity contribution in [1.82, 2.24) is 14.7 Å². The van der Waals surface area contributed by atoms with Crippen molar-refractivity contribution < 1.29 is 36.7 Å². The molecule has 13 heteroatoms. The first-order valence-electron chi connectivity index (χ1n) is 8.76. The number of likely N-dealkylation sites (N-methyl/N-ethyl adjacent to an activating group) is 1. The molecule has 0 radical (unpaired) electrons. The van der Waals surface area contributed by atoms with Gasteiger partial charge in [0.05, 0.1) is 5.56 Å². The Balaban J connectivity index is 1.82. The average Bonchev–Trinajstić information content (AvgIpc) is 3.22. The molecule has 0 aliphatic carbocycles. The quantitative estimate of drug-likeness (QED) is 0.300. The number of nitrogens with one attached hydrogen (secondary N) is 1. The summed E-state index contributed by atoms with van der Waals surface area (Å²) in [7, 11) is 1.37. The van der Waals surface area contributed by atoms with Crippen LogP contribution in [0.5, 0.6) is 16.7 Å². The van der Waals surface area contributed by atoms with Crippen LogP contribution in [0.4, 0.5) is 17.6 Å². The van der Waals surface area contributed by atoms with E-state index in [2.05, 4.69) is 29.4 Å². The second-order valence-corrected chi connectivity index (χ2v) is 6.53. The van der Waals surface area contributed by atoms with E-state index >= 15 is 0 Å². The monoisotopic (exact) mass is 470 g/mol. The molecule has 1 amide bonds. The highest BCUT2D eigenvalue weighted by Gasteiger charge is 2.31. The first-order valence-corrected chi connectivity index (χ1v) is 9.53. The molecule has 8 nitrogen and oxygen atoms in total. The zero-order chi connectivity index (χ0) is 23.1. The van der Waals surface area contributed by atoms with Gasteiger partial charge in [-0.3, -0.25) is 4.79 Å². The summed E-state index contributed by atoms with van der Waals surface area (Å²) in [5, 5.41) is 5.96. The molecule has 0 saturated carbocycles. The summed E-state index contributed by atoms with van der Waals surface area (Å²) in [4.78, 5) is 20.7. The highest BCUT2D eigenvalue weighted by atomic mass is 32.1. The topological polar surface area (TPSA) is 94.9 Å². The fraction of sp³-hybridized carbons (Fsp3) is 0.158. The summed E-state index contributed by atoms with van der Waals surface area (Å²) < 4.78 is 62.9. The van der Waals surface area contributed by atoms with Crippen molar-refractivity contribution in [2.75, 3.05) is 13.9 Å². The molecule has 3 aromatic rings. The minimum Gasteiger partial charge on any atom is -0.429 e. The van der Waals surface area contributed by atoms with Gasteiger partial charge >= 0.3 is 6.36 Å². The molecule has 168 valence electrons. The molecule has 0 unspecified atom stereocenters. The molecule has 0 atom stereocenters. The maximum absolute atomic E-state index is 12.4. The number of nitrogens with zero attached hydrogens (tertiary/aromatic N) is 3.